The highest BCUT2D eigenvalue weighted by Gasteiger charge is 2.43. The normalized spacial score (nSPS) is 16.1. The molecule has 1 saturated heterocycles. The van der Waals surface area contributed by atoms with Gasteiger partial charge in [-0.05, 0) is 49.7 Å². The number of aromatic nitrogens is 2. The quantitative estimate of drug-likeness (QED) is 0.850. The second-order valence-corrected chi connectivity index (χ2v) is 6.61. The van der Waals surface area contributed by atoms with Gasteiger partial charge in [-0.25, -0.2) is 0 Å². The second kappa shape index (κ2) is 7.78. The molecule has 7 heteroatoms. The van der Waals surface area contributed by atoms with Crippen molar-refractivity contribution in [1.82, 2.24) is 20.0 Å². The molecule has 1 aliphatic rings. The van der Waals surface area contributed by atoms with Crippen molar-refractivity contribution >= 4 is 5.91 Å². The van der Waals surface area contributed by atoms with Gasteiger partial charge in [0.05, 0.1) is 14.2 Å². The van der Waals surface area contributed by atoms with Crippen LogP contribution in [0.25, 0.3) is 0 Å². The number of ether oxygens (including phenoxy) is 2. The van der Waals surface area contributed by atoms with E-state index in [4.69, 9.17) is 9.47 Å². The third kappa shape index (κ3) is 3.53. The SMILES string of the molecule is COc1cc(CN(C)C(=O)C2(n3cccn3)CCNCC2)cc(OC)c1. The largest absolute Gasteiger partial charge is 0.497 e. The highest BCUT2D eigenvalue weighted by Crippen LogP contribution is 2.30. The molecule has 2 aromatic rings. The average molecular weight is 358 g/mol. The van der Waals surface area contributed by atoms with E-state index in [9.17, 15) is 4.79 Å². The molecule has 0 atom stereocenters. The summed E-state index contributed by atoms with van der Waals surface area (Å²) in [6.45, 7) is 2.07. The van der Waals surface area contributed by atoms with E-state index in [-0.39, 0.29) is 5.91 Å². The molecular formula is C19H26N4O3. The standard InChI is InChI=1S/C19H26N4O3/c1-22(14-15-11-16(25-2)13-17(12-15)26-3)18(24)19(5-8-20-9-6-19)23-10-4-7-21-23/h4,7,10-13,20H,5-6,8-9,14H2,1-3H3. The average Bonchev–Trinajstić information content (AvgIpc) is 3.22. The number of hydrogen-bond donors (Lipinski definition) is 1. The van der Waals surface area contributed by atoms with Crippen LogP contribution in [0.1, 0.15) is 18.4 Å². The van der Waals surface area contributed by atoms with Crippen LogP contribution in [0.2, 0.25) is 0 Å². The lowest BCUT2D eigenvalue weighted by atomic mass is 9.86. The molecule has 0 radical (unpaired) electrons. The predicted octanol–water partition coefficient (Wildman–Crippen LogP) is 1.64. The summed E-state index contributed by atoms with van der Waals surface area (Å²) < 4.78 is 12.5. The second-order valence-electron chi connectivity index (χ2n) is 6.61. The summed E-state index contributed by atoms with van der Waals surface area (Å²) >= 11 is 0. The zero-order valence-electron chi connectivity index (χ0n) is 15.6. The van der Waals surface area contributed by atoms with Gasteiger partial charge < -0.3 is 19.7 Å². The lowest BCUT2D eigenvalue weighted by molar-refractivity contribution is -0.142. The molecule has 0 spiro atoms. The monoisotopic (exact) mass is 358 g/mol. The first-order chi connectivity index (χ1) is 12.6. The van der Waals surface area contributed by atoms with E-state index < -0.39 is 5.54 Å². The van der Waals surface area contributed by atoms with Crippen molar-refractivity contribution in [3.8, 4) is 11.5 Å². The van der Waals surface area contributed by atoms with Gasteiger partial charge in [0.2, 0.25) is 0 Å². The van der Waals surface area contributed by atoms with Crippen LogP contribution in [-0.4, -0.2) is 54.9 Å². The van der Waals surface area contributed by atoms with E-state index in [0.717, 1.165) is 31.5 Å². The number of benzene rings is 1. The molecule has 2 heterocycles. The summed E-state index contributed by atoms with van der Waals surface area (Å²) in [6, 6.07) is 7.54. The molecule has 0 bridgehead atoms. The summed E-state index contributed by atoms with van der Waals surface area (Å²) in [7, 11) is 5.08. The zero-order valence-corrected chi connectivity index (χ0v) is 15.6. The molecular weight excluding hydrogens is 332 g/mol. The molecule has 3 rings (SSSR count). The first kappa shape index (κ1) is 18.3. The summed E-state index contributed by atoms with van der Waals surface area (Å²) in [5.41, 5.74) is 0.327. The van der Waals surface area contributed by atoms with E-state index in [1.165, 1.54) is 0 Å². The summed E-state index contributed by atoms with van der Waals surface area (Å²) in [5, 5.41) is 7.71. The van der Waals surface area contributed by atoms with Gasteiger partial charge in [0.1, 0.15) is 17.0 Å². The number of piperidine rings is 1. The Labute approximate surface area is 153 Å². The van der Waals surface area contributed by atoms with Gasteiger partial charge in [-0.3, -0.25) is 9.48 Å². The van der Waals surface area contributed by atoms with Gasteiger partial charge in [-0.15, -0.1) is 0 Å². The number of hydrogen-bond acceptors (Lipinski definition) is 5. The van der Waals surface area contributed by atoms with Crippen molar-refractivity contribution in [1.29, 1.82) is 0 Å². The van der Waals surface area contributed by atoms with Crippen molar-refractivity contribution in [2.75, 3.05) is 34.4 Å². The van der Waals surface area contributed by atoms with E-state index >= 15 is 0 Å². The molecule has 0 aliphatic carbocycles. The number of amides is 1. The van der Waals surface area contributed by atoms with Gasteiger partial charge >= 0.3 is 0 Å². The number of nitrogens with one attached hydrogen (secondary N) is 1. The first-order valence-corrected chi connectivity index (χ1v) is 8.77. The van der Waals surface area contributed by atoms with Crippen LogP contribution in [-0.2, 0) is 16.9 Å². The molecule has 1 aromatic carbocycles. The fraction of sp³-hybridized carbons (Fsp3) is 0.474. The van der Waals surface area contributed by atoms with Crippen LogP contribution < -0.4 is 14.8 Å². The predicted molar refractivity (Wildman–Crippen MR) is 98.3 cm³/mol. The van der Waals surface area contributed by atoms with Crippen LogP contribution in [0.5, 0.6) is 11.5 Å². The number of likely N-dealkylation sites (N-methyl/N-ethyl adjacent to an activating group) is 1. The van der Waals surface area contributed by atoms with Gasteiger partial charge in [0.15, 0.2) is 0 Å². The Morgan fingerprint density at radius 3 is 2.42 bits per heavy atom. The molecule has 1 amide bonds. The van der Waals surface area contributed by atoms with E-state index in [1.807, 2.05) is 42.2 Å². The fourth-order valence-corrected chi connectivity index (χ4v) is 3.56. The third-order valence-electron chi connectivity index (χ3n) is 4.95. The van der Waals surface area contributed by atoms with Crippen molar-refractivity contribution < 1.29 is 14.3 Å². The molecule has 0 saturated carbocycles. The number of carbonyl (C=O) groups is 1. The zero-order chi connectivity index (χ0) is 18.6. The smallest absolute Gasteiger partial charge is 0.250 e. The first-order valence-electron chi connectivity index (χ1n) is 8.77. The van der Waals surface area contributed by atoms with Gasteiger partial charge in [-0.2, -0.15) is 5.10 Å². The molecule has 1 fully saturated rings. The van der Waals surface area contributed by atoms with E-state index in [1.54, 1.807) is 25.3 Å². The number of nitrogens with zero attached hydrogens (tertiary/aromatic N) is 3. The lowest BCUT2D eigenvalue weighted by Crippen LogP contribution is -2.54. The summed E-state index contributed by atoms with van der Waals surface area (Å²) in [6.07, 6.45) is 5.05. The van der Waals surface area contributed by atoms with Crippen LogP contribution >= 0.6 is 0 Å². The van der Waals surface area contributed by atoms with Gasteiger partial charge in [0.25, 0.3) is 5.91 Å². The molecule has 0 unspecified atom stereocenters. The van der Waals surface area contributed by atoms with Crippen molar-refractivity contribution in [3.63, 3.8) is 0 Å². The maximum Gasteiger partial charge on any atom is 0.250 e. The Balaban J connectivity index is 1.84. The topological polar surface area (TPSA) is 68.6 Å². The minimum absolute atomic E-state index is 0.0736. The Kier molecular flexibility index (Phi) is 5.46. The van der Waals surface area contributed by atoms with Crippen LogP contribution in [0.3, 0.4) is 0 Å². The molecule has 1 aliphatic heterocycles. The molecule has 1 N–H and O–H groups in total. The number of rotatable bonds is 6. The van der Waals surface area contributed by atoms with Gasteiger partial charge in [0, 0.05) is 32.1 Å². The lowest BCUT2D eigenvalue weighted by Gasteiger charge is -2.39. The van der Waals surface area contributed by atoms with Crippen LogP contribution in [0.15, 0.2) is 36.7 Å². The molecule has 1 aromatic heterocycles. The fourth-order valence-electron chi connectivity index (χ4n) is 3.56. The van der Waals surface area contributed by atoms with E-state index in [0.29, 0.717) is 18.0 Å². The number of carbonyl (C=O) groups excluding carboxylic acids is 1. The highest BCUT2D eigenvalue weighted by molar-refractivity contribution is 5.84. The van der Waals surface area contributed by atoms with Crippen LogP contribution in [0.4, 0.5) is 0 Å². The minimum atomic E-state index is -0.632. The van der Waals surface area contributed by atoms with Crippen molar-refractivity contribution in [2.45, 2.75) is 24.9 Å². The maximum atomic E-state index is 13.4. The Bertz CT molecular complexity index is 717. The van der Waals surface area contributed by atoms with Crippen molar-refractivity contribution in [2.24, 2.45) is 0 Å². The van der Waals surface area contributed by atoms with Crippen molar-refractivity contribution in [3.05, 3.63) is 42.2 Å². The van der Waals surface area contributed by atoms with E-state index in [2.05, 4.69) is 10.4 Å². The maximum absolute atomic E-state index is 13.4. The third-order valence-corrected chi connectivity index (χ3v) is 4.95. The molecule has 140 valence electrons. The summed E-state index contributed by atoms with van der Waals surface area (Å²) in [5.74, 6) is 1.50. The van der Waals surface area contributed by atoms with Gasteiger partial charge in [-0.1, -0.05) is 0 Å². The molecule has 7 nitrogen and oxygen atoms in total. The number of methoxy groups -OCH3 is 2. The molecule has 26 heavy (non-hydrogen) atoms. The highest BCUT2D eigenvalue weighted by atomic mass is 16.5. The Morgan fingerprint density at radius 1 is 1.23 bits per heavy atom. The minimum Gasteiger partial charge on any atom is -0.497 e. The Morgan fingerprint density at radius 2 is 1.88 bits per heavy atom. The summed E-state index contributed by atoms with van der Waals surface area (Å²) in [4.78, 5) is 15.2. The Hall–Kier alpha value is -2.54. The van der Waals surface area contributed by atoms with Crippen LogP contribution in [0, 0.1) is 0 Å².